The number of hydrogen-bond acceptors (Lipinski definition) is 6. The number of rotatable bonds is 6. The molecule has 2 rings (SSSR count). The van der Waals surface area contributed by atoms with Crippen LogP contribution in [0.4, 0.5) is 0 Å². The third kappa shape index (κ3) is 8.41. The fraction of sp³-hybridized carbons (Fsp3) is 0.500. The highest BCUT2D eigenvalue weighted by Gasteiger charge is 2.21. The Morgan fingerprint density at radius 3 is 2.29 bits per heavy atom. The molecule has 2 atom stereocenters. The molecule has 2 N–H and O–H groups in total. The predicted octanol–water partition coefficient (Wildman–Crippen LogP) is 2.37. The highest BCUT2D eigenvalue weighted by Crippen LogP contribution is 2.28. The zero-order valence-electron chi connectivity index (χ0n) is 16.8. The molecular formula is C20H29NO7. The Balaban J connectivity index is 0.000000568. The summed E-state index contributed by atoms with van der Waals surface area (Å²) in [5, 5.41) is 14.8. The first-order valence-corrected chi connectivity index (χ1v) is 9.04. The molecule has 0 saturated carbocycles. The van der Waals surface area contributed by atoms with Crippen LogP contribution >= 0.6 is 0 Å². The van der Waals surface area contributed by atoms with Gasteiger partial charge in [0.25, 0.3) is 0 Å². The number of nitrogens with zero attached hydrogens (tertiary/aromatic N) is 1. The van der Waals surface area contributed by atoms with E-state index in [0.29, 0.717) is 18.8 Å². The van der Waals surface area contributed by atoms with Gasteiger partial charge in [-0.1, -0.05) is 18.2 Å². The van der Waals surface area contributed by atoms with Gasteiger partial charge < -0.3 is 24.4 Å². The molecule has 8 nitrogen and oxygen atoms in total. The number of benzene rings is 1. The van der Waals surface area contributed by atoms with Crippen LogP contribution in [0.3, 0.4) is 0 Å². The first-order valence-electron chi connectivity index (χ1n) is 9.04. The van der Waals surface area contributed by atoms with Crippen molar-refractivity contribution in [1.29, 1.82) is 0 Å². The fourth-order valence-electron chi connectivity index (χ4n) is 2.85. The Morgan fingerprint density at radius 1 is 1.18 bits per heavy atom. The summed E-state index contributed by atoms with van der Waals surface area (Å²) in [7, 11) is 1.67. The van der Waals surface area contributed by atoms with Crippen molar-refractivity contribution >= 4 is 18.0 Å². The highest BCUT2D eigenvalue weighted by molar-refractivity contribution is 6.27. The fourth-order valence-corrected chi connectivity index (χ4v) is 2.85. The van der Waals surface area contributed by atoms with E-state index in [1.807, 2.05) is 37.3 Å². The van der Waals surface area contributed by atoms with E-state index in [-0.39, 0.29) is 0 Å². The number of allylic oxidation sites excluding steroid dienone is 1. The van der Waals surface area contributed by atoms with E-state index in [0.717, 1.165) is 36.7 Å². The molecular weight excluding hydrogens is 366 g/mol. The van der Waals surface area contributed by atoms with E-state index in [1.165, 1.54) is 0 Å². The van der Waals surface area contributed by atoms with Gasteiger partial charge in [0.2, 0.25) is 0 Å². The number of aliphatic carboxylic acids is 2. The molecule has 1 aliphatic heterocycles. The van der Waals surface area contributed by atoms with Crippen LogP contribution in [-0.2, 0) is 14.3 Å². The van der Waals surface area contributed by atoms with Gasteiger partial charge in [0.15, 0.2) is 11.5 Å². The van der Waals surface area contributed by atoms with E-state index < -0.39 is 11.9 Å². The van der Waals surface area contributed by atoms with Gasteiger partial charge in [-0.15, -0.1) is 0 Å². The van der Waals surface area contributed by atoms with E-state index in [2.05, 4.69) is 18.7 Å². The van der Waals surface area contributed by atoms with Crippen molar-refractivity contribution in [2.75, 3.05) is 33.4 Å². The molecule has 0 radical (unpaired) electrons. The van der Waals surface area contributed by atoms with Crippen molar-refractivity contribution < 1.29 is 34.0 Å². The van der Waals surface area contributed by atoms with Crippen molar-refractivity contribution in [3.05, 3.63) is 29.8 Å². The van der Waals surface area contributed by atoms with Crippen molar-refractivity contribution in [3.8, 4) is 11.5 Å². The lowest BCUT2D eigenvalue weighted by molar-refractivity contribution is -0.159. The molecule has 0 aromatic heterocycles. The number of ether oxygens (including phenoxy) is 3. The summed E-state index contributed by atoms with van der Waals surface area (Å²) >= 11 is 0. The van der Waals surface area contributed by atoms with Gasteiger partial charge in [-0.3, -0.25) is 4.90 Å². The van der Waals surface area contributed by atoms with Gasteiger partial charge in [-0.25, -0.2) is 9.59 Å². The smallest absolute Gasteiger partial charge is 0.414 e. The number of methoxy groups -OCH3 is 1. The number of carboxylic acid groups (broad SMARTS) is 2. The zero-order chi connectivity index (χ0) is 21.1. The summed E-state index contributed by atoms with van der Waals surface area (Å²) in [6.07, 6.45) is 4.63. The van der Waals surface area contributed by atoms with Crippen LogP contribution < -0.4 is 9.47 Å². The molecule has 8 heteroatoms. The van der Waals surface area contributed by atoms with Gasteiger partial charge >= 0.3 is 11.9 Å². The molecule has 1 fully saturated rings. The average molecular weight is 395 g/mol. The maximum Gasteiger partial charge on any atom is 0.414 e. The van der Waals surface area contributed by atoms with Gasteiger partial charge in [-0.2, -0.15) is 0 Å². The first-order chi connectivity index (χ1) is 13.3. The number of carboxylic acids is 2. The van der Waals surface area contributed by atoms with Crippen molar-refractivity contribution in [3.63, 3.8) is 0 Å². The molecule has 28 heavy (non-hydrogen) atoms. The van der Waals surface area contributed by atoms with Crippen LogP contribution in [0.15, 0.2) is 24.3 Å². The Hall–Kier alpha value is -2.58. The SMILES string of the molecule is C/C=C/c1ccc(OCCN2CC(C)OC(C)C2)c(OC)c1.O=C(O)C(=O)O. The van der Waals surface area contributed by atoms with Gasteiger partial charge in [0.1, 0.15) is 6.61 Å². The van der Waals surface area contributed by atoms with E-state index in [4.69, 9.17) is 34.0 Å². The van der Waals surface area contributed by atoms with Crippen molar-refractivity contribution in [2.45, 2.75) is 33.0 Å². The zero-order valence-corrected chi connectivity index (χ0v) is 16.8. The monoisotopic (exact) mass is 395 g/mol. The quantitative estimate of drug-likeness (QED) is 0.707. The maximum absolute atomic E-state index is 9.10. The minimum Gasteiger partial charge on any atom is -0.493 e. The number of carbonyl (C=O) groups is 2. The molecule has 0 aliphatic carbocycles. The molecule has 1 saturated heterocycles. The van der Waals surface area contributed by atoms with Crippen LogP contribution in [0.2, 0.25) is 0 Å². The highest BCUT2D eigenvalue weighted by atomic mass is 16.5. The molecule has 1 aromatic carbocycles. The van der Waals surface area contributed by atoms with E-state index in [1.54, 1.807) is 7.11 Å². The van der Waals surface area contributed by atoms with Crippen LogP contribution in [0.5, 0.6) is 11.5 Å². The standard InChI is InChI=1S/C18H27NO3.C2H2O4/c1-5-6-16-7-8-17(18(11-16)20-4)21-10-9-19-12-14(2)22-15(3)13-19;3-1(4)2(5)6/h5-8,11,14-15H,9-10,12-13H2,1-4H3;(H,3,4)(H,5,6)/b6-5+;. The minimum atomic E-state index is -1.82. The molecule has 2 unspecified atom stereocenters. The average Bonchev–Trinajstić information content (AvgIpc) is 2.62. The first kappa shape index (κ1) is 23.5. The van der Waals surface area contributed by atoms with Gasteiger partial charge in [0.05, 0.1) is 19.3 Å². The second-order valence-electron chi connectivity index (χ2n) is 6.39. The normalized spacial score (nSPS) is 19.6. The minimum absolute atomic E-state index is 0.290. The summed E-state index contributed by atoms with van der Waals surface area (Å²) in [6, 6.07) is 6.00. The summed E-state index contributed by atoms with van der Waals surface area (Å²) in [4.78, 5) is 20.6. The molecule has 1 aliphatic rings. The van der Waals surface area contributed by atoms with E-state index >= 15 is 0 Å². The lowest BCUT2D eigenvalue weighted by Gasteiger charge is -2.35. The molecule has 0 bridgehead atoms. The van der Waals surface area contributed by atoms with Crippen molar-refractivity contribution in [1.82, 2.24) is 4.90 Å². The Labute approximate surface area is 165 Å². The Bertz CT molecular complexity index is 653. The van der Waals surface area contributed by atoms with Gasteiger partial charge in [-0.05, 0) is 38.5 Å². The molecule has 0 amide bonds. The second-order valence-corrected chi connectivity index (χ2v) is 6.39. The lowest BCUT2D eigenvalue weighted by atomic mass is 10.2. The second kappa shape index (κ2) is 12.0. The van der Waals surface area contributed by atoms with Gasteiger partial charge in [0, 0.05) is 19.6 Å². The molecule has 1 aromatic rings. The summed E-state index contributed by atoms with van der Waals surface area (Å²) in [5.74, 6) is -2.07. The Morgan fingerprint density at radius 2 is 1.79 bits per heavy atom. The Kier molecular flexibility index (Phi) is 10.0. The largest absolute Gasteiger partial charge is 0.493 e. The lowest BCUT2D eigenvalue weighted by Crippen LogP contribution is -2.46. The van der Waals surface area contributed by atoms with Crippen LogP contribution in [0.1, 0.15) is 26.3 Å². The van der Waals surface area contributed by atoms with Crippen LogP contribution in [0.25, 0.3) is 6.08 Å². The van der Waals surface area contributed by atoms with Crippen LogP contribution in [0, 0.1) is 0 Å². The predicted molar refractivity (Wildman–Crippen MR) is 105 cm³/mol. The summed E-state index contributed by atoms with van der Waals surface area (Å²) in [5.41, 5.74) is 1.11. The van der Waals surface area contributed by atoms with E-state index in [9.17, 15) is 0 Å². The summed E-state index contributed by atoms with van der Waals surface area (Å²) in [6.45, 7) is 9.72. The third-order valence-electron chi connectivity index (χ3n) is 3.89. The number of morpholine rings is 1. The third-order valence-corrected chi connectivity index (χ3v) is 3.89. The van der Waals surface area contributed by atoms with Crippen LogP contribution in [-0.4, -0.2) is 72.6 Å². The maximum atomic E-state index is 9.10. The summed E-state index contributed by atoms with van der Waals surface area (Å²) < 4.78 is 17.1. The number of hydrogen-bond donors (Lipinski definition) is 2. The molecule has 0 spiro atoms. The van der Waals surface area contributed by atoms with Crippen molar-refractivity contribution in [2.24, 2.45) is 0 Å². The topological polar surface area (TPSA) is 106 Å². The molecule has 1 heterocycles. The molecule has 156 valence electrons.